The highest BCUT2D eigenvalue weighted by molar-refractivity contribution is 7.96. The Morgan fingerprint density at radius 1 is 0.500 bits per heavy atom. The Bertz CT molecular complexity index is 1360. The fourth-order valence-corrected chi connectivity index (χ4v) is 8.53. The molecule has 0 saturated carbocycles. The van der Waals surface area contributed by atoms with Gasteiger partial charge in [-0.15, -0.1) is 0 Å². The van der Waals surface area contributed by atoms with Gasteiger partial charge in [-0.2, -0.15) is 19.7 Å². The number of quaternary nitrogens is 2. The van der Waals surface area contributed by atoms with Crippen molar-refractivity contribution in [2.75, 3.05) is 28.2 Å². The van der Waals surface area contributed by atoms with Crippen molar-refractivity contribution in [3.8, 4) is 0 Å². The maximum Gasteiger partial charge on any atom is 0.186 e. The van der Waals surface area contributed by atoms with E-state index in [1.54, 1.807) is 62.4 Å². The first-order valence-corrected chi connectivity index (χ1v) is 24.6. The fraction of sp³-hybridized carbons (Fsp3) is 0.833. The molecular formula is C36H79N17O4S5. The summed E-state index contributed by atoms with van der Waals surface area (Å²) in [6.07, 6.45) is 0. The summed E-state index contributed by atoms with van der Waals surface area (Å²) in [5, 5.41) is 27.7. The van der Waals surface area contributed by atoms with E-state index in [0.717, 1.165) is 22.8 Å². The molecule has 0 aromatic carbocycles. The first-order chi connectivity index (χ1) is 28.9. The topological polar surface area (TPSA) is 226 Å². The summed E-state index contributed by atoms with van der Waals surface area (Å²) in [7, 11) is 8.47. The van der Waals surface area contributed by atoms with Gasteiger partial charge in [0.05, 0.1) is 23.1 Å². The number of nitrogens with one attached hydrogen (secondary N) is 9. The Morgan fingerprint density at radius 3 is 0.984 bits per heavy atom. The third-order valence-corrected chi connectivity index (χ3v) is 16.2. The lowest BCUT2D eigenvalue weighted by molar-refractivity contribution is -1.05. The highest BCUT2D eigenvalue weighted by Crippen LogP contribution is 2.29. The monoisotopic (exact) mass is 974 g/mol. The summed E-state index contributed by atoms with van der Waals surface area (Å²) >= 11 is 8.05. The summed E-state index contributed by atoms with van der Waals surface area (Å²) in [6.45, 7) is 32.7. The molecule has 6 aliphatic rings. The summed E-state index contributed by atoms with van der Waals surface area (Å²) in [6, 6.07) is 6.05. The molecule has 26 heteroatoms. The van der Waals surface area contributed by atoms with Gasteiger partial charge in [0, 0.05) is 123 Å². The summed E-state index contributed by atoms with van der Waals surface area (Å²) in [4.78, 5) is 4.67. The lowest BCUT2D eigenvalue weighted by atomic mass is 10.2. The van der Waals surface area contributed by atoms with Crippen LogP contribution in [0.5, 0.6) is 0 Å². The van der Waals surface area contributed by atoms with Crippen LogP contribution >= 0.6 is 60.3 Å². The van der Waals surface area contributed by atoms with Crippen LogP contribution in [0.15, 0.2) is 16.0 Å². The van der Waals surface area contributed by atoms with Crippen molar-refractivity contribution in [2.24, 2.45) is 0 Å². The molecular weight excluding hydrogens is 895 g/mol. The zero-order valence-corrected chi connectivity index (χ0v) is 44.6. The molecule has 12 unspecified atom stereocenters. The molecule has 0 spiro atoms. The molecule has 12 atom stereocenters. The van der Waals surface area contributed by atoms with Gasteiger partial charge >= 0.3 is 0 Å². The van der Waals surface area contributed by atoms with Gasteiger partial charge in [0.1, 0.15) is 11.4 Å². The van der Waals surface area contributed by atoms with Crippen molar-refractivity contribution in [1.82, 2.24) is 71.7 Å². The second-order valence-corrected chi connectivity index (χ2v) is 20.5. The van der Waals surface area contributed by atoms with Crippen molar-refractivity contribution in [3.05, 3.63) is 44.6 Å². The van der Waals surface area contributed by atoms with Crippen LogP contribution in [0.1, 0.15) is 106 Å². The first kappa shape index (κ1) is 59.2. The minimum Gasteiger partial charge on any atom is -0.604 e. The van der Waals surface area contributed by atoms with Gasteiger partial charge in [0.15, 0.2) is 11.4 Å². The van der Waals surface area contributed by atoms with Gasteiger partial charge in [0.25, 0.3) is 0 Å². The van der Waals surface area contributed by atoms with E-state index in [1.165, 1.54) is 11.7 Å². The van der Waals surface area contributed by atoms with Crippen molar-refractivity contribution in [3.63, 3.8) is 0 Å². The maximum absolute atomic E-state index is 10.6. The zero-order valence-electron chi connectivity index (χ0n) is 40.5. The number of hydrogen-bond acceptors (Lipinski definition) is 24. The standard InChI is InChI=1S/C6H14N2S.2C5H12N2S.C4H9N3O2.C4H10N2O.C4H6N2O.C4H10N2S.C4H6N2S/c1-5-6(2)8(4)9-7(5)3;2*1-4-5(2)7(3)8-6-4;1-3-4(2)7(9)5-6(3)8;4*1-3-4(2)6-7-5-3/h5-6H,1-4H3;2*4-6H,1-3H3;5-7H,1-2H3;3-6H,1-2H3;1-2H3;3-6H,1-2H3;1-2H3. The Balaban J connectivity index is 0.000000355. The molecule has 2 aromatic heterocycles. The zero-order chi connectivity index (χ0) is 47.4. The van der Waals surface area contributed by atoms with Crippen LogP contribution in [0.3, 0.4) is 0 Å². The third-order valence-electron chi connectivity index (χ3n) is 11.2. The number of hydroxylamine groups is 4. The van der Waals surface area contributed by atoms with Crippen LogP contribution in [-0.4, -0.2) is 125 Å². The second kappa shape index (κ2) is 30.5. The molecule has 0 bridgehead atoms. The third kappa shape index (κ3) is 21.2. The van der Waals surface area contributed by atoms with Crippen LogP contribution in [0.25, 0.3) is 0 Å². The molecule has 8 heterocycles. The molecule has 21 nitrogen and oxygen atoms in total. The van der Waals surface area contributed by atoms with E-state index in [9.17, 15) is 10.4 Å². The van der Waals surface area contributed by atoms with Crippen LogP contribution in [0, 0.1) is 38.1 Å². The minimum absolute atomic E-state index is 0.266. The molecule has 2 aromatic rings. The molecule has 62 heavy (non-hydrogen) atoms. The molecule has 362 valence electrons. The quantitative estimate of drug-likeness (QED) is 0.137. The number of aryl methyl sites for hydroxylation is 4. The van der Waals surface area contributed by atoms with Gasteiger partial charge < -0.3 is 10.4 Å². The summed E-state index contributed by atoms with van der Waals surface area (Å²) < 4.78 is 34.1. The largest absolute Gasteiger partial charge is 0.604 e. The Hall–Kier alpha value is -0.800. The summed E-state index contributed by atoms with van der Waals surface area (Å²) in [5.74, 6) is 0. The van der Waals surface area contributed by atoms with Crippen LogP contribution in [0.4, 0.5) is 0 Å². The number of rotatable bonds is 0. The lowest BCUT2D eigenvalue weighted by Crippen LogP contribution is -3.29. The van der Waals surface area contributed by atoms with E-state index in [-0.39, 0.29) is 10.3 Å². The predicted octanol–water partition coefficient (Wildman–Crippen LogP) is 2.53. The number of nitrogens with zero attached hydrogens (tertiary/aromatic N) is 8. The summed E-state index contributed by atoms with van der Waals surface area (Å²) in [5.41, 5.74) is 12.6. The van der Waals surface area contributed by atoms with Crippen LogP contribution in [-0.2, 0) is 4.94 Å². The van der Waals surface area contributed by atoms with Crippen molar-refractivity contribution in [2.45, 2.75) is 171 Å². The average molecular weight is 974 g/mol. The van der Waals surface area contributed by atoms with E-state index in [2.05, 4.69) is 179 Å². The Morgan fingerprint density at radius 2 is 0.871 bits per heavy atom. The predicted molar refractivity (Wildman–Crippen MR) is 259 cm³/mol. The van der Waals surface area contributed by atoms with Crippen molar-refractivity contribution in [1.29, 1.82) is 0 Å². The molecule has 5 fully saturated rings. The second-order valence-electron chi connectivity index (χ2n) is 16.0. The molecule has 5 saturated heterocycles. The smallest absolute Gasteiger partial charge is 0.186 e. The van der Waals surface area contributed by atoms with E-state index in [4.69, 9.17) is 0 Å². The maximum atomic E-state index is 10.6. The van der Waals surface area contributed by atoms with Crippen LogP contribution < -0.4 is 45.7 Å². The molecule has 6 aliphatic heterocycles. The SMILES string of the molecule is CC1=C(C)[NH+]([O-])N[NH+]1[O-].CC1C(C)N(C)SN1C.CC1NONC1C.CC1NSN(C)C1C.CC1NSN(C)C1C.CC1NSNC1C.Cc1nonc1C.Cc1nsnc1C. The van der Waals surface area contributed by atoms with Gasteiger partial charge in [-0.1, -0.05) is 10.3 Å². The van der Waals surface area contributed by atoms with Crippen LogP contribution in [0.2, 0.25) is 0 Å². The number of allylic oxidation sites excluding steroid dienone is 2. The first-order valence-electron chi connectivity index (χ1n) is 20.7. The van der Waals surface area contributed by atoms with Crippen molar-refractivity contribution < 1.29 is 19.9 Å². The van der Waals surface area contributed by atoms with Crippen molar-refractivity contribution >= 4 is 60.3 Å². The molecule has 0 aliphatic carbocycles. The highest BCUT2D eigenvalue weighted by Gasteiger charge is 2.30. The number of likely N-dealkylation sites (N-methyl/N-ethyl adjacent to an activating group) is 4. The van der Waals surface area contributed by atoms with E-state index < -0.39 is 0 Å². The normalized spacial score (nSPS) is 33.2. The van der Waals surface area contributed by atoms with Gasteiger partial charge in [0.2, 0.25) is 0 Å². The molecule has 9 N–H and O–H groups in total. The number of aromatic nitrogens is 4. The fourth-order valence-electron chi connectivity index (χ4n) is 4.31. The van der Waals surface area contributed by atoms with Gasteiger partial charge in [-0.25, -0.2) is 56.0 Å². The highest BCUT2D eigenvalue weighted by atomic mass is 32.2. The number of hydrogen-bond donors (Lipinski definition) is 9. The van der Waals surface area contributed by atoms with Gasteiger partial charge in [-0.3, -0.25) is 0 Å². The average Bonchev–Trinajstić information content (AvgIpc) is 4.15. The van der Waals surface area contributed by atoms with E-state index >= 15 is 0 Å². The Labute approximate surface area is 393 Å². The molecule has 8 rings (SSSR count). The minimum atomic E-state index is -0.266. The van der Waals surface area contributed by atoms with E-state index in [1.807, 2.05) is 27.7 Å². The molecule has 0 amide bonds. The Kier molecular flexibility index (Phi) is 29.1. The van der Waals surface area contributed by atoms with Gasteiger partial charge in [-0.05, 0) is 131 Å². The lowest BCUT2D eigenvalue weighted by Gasteiger charge is -2.16. The van der Waals surface area contributed by atoms with E-state index in [0.29, 0.717) is 71.8 Å². The molecule has 0 radical (unpaired) electrons.